The third-order valence-corrected chi connectivity index (χ3v) is 4.49. The van der Waals surface area contributed by atoms with Gasteiger partial charge < -0.3 is 20.5 Å². The number of benzene rings is 1. The summed E-state index contributed by atoms with van der Waals surface area (Å²) in [5.41, 5.74) is 5.75. The zero-order valence-electron chi connectivity index (χ0n) is 11.8. The summed E-state index contributed by atoms with van der Waals surface area (Å²) in [5, 5.41) is 2.89. The van der Waals surface area contributed by atoms with E-state index in [9.17, 15) is 4.79 Å². The average molecular weight is 306 g/mol. The molecule has 0 saturated heterocycles. The van der Waals surface area contributed by atoms with Crippen LogP contribution in [0.5, 0.6) is 11.5 Å². The van der Waals surface area contributed by atoms with Gasteiger partial charge in [0.25, 0.3) is 0 Å². The van der Waals surface area contributed by atoms with E-state index in [2.05, 4.69) is 12.2 Å². The molecule has 2 aliphatic rings. The summed E-state index contributed by atoms with van der Waals surface area (Å²) in [4.78, 5) is 12.8. The maximum absolute atomic E-state index is 12.5. The predicted octanol–water partition coefficient (Wildman–Crippen LogP) is 2.10. The predicted molar refractivity (Wildman–Crippen MR) is 83.7 cm³/mol. The number of hydrogen-bond donors (Lipinski definition) is 2. The number of hydrogen-bond acceptors (Lipinski definition) is 4. The third-order valence-electron chi connectivity index (χ3n) is 4.10. The van der Waals surface area contributed by atoms with Crippen LogP contribution in [-0.4, -0.2) is 24.1 Å². The van der Waals surface area contributed by atoms with E-state index in [0.29, 0.717) is 49.2 Å². The average Bonchev–Trinajstić information content (AvgIpc) is 2.43. The lowest BCUT2D eigenvalue weighted by atomic mass is 9.62. The number of nitrogens with one attached hydrogen (secondary N) is 1. The quantitative estimate of drug-likeness (QED) is 0.837. The molecule has 3 rings (SSSR count). The normalized spacial score (nSPS) is 26.6. The minimum Gasteiger partial charge on any atom is -0.486 e. The lowest BCUT2D eigenvalue weighted by Crippen LogP contribution is -2.53. The molecule has 1 fully saturated rings. The summed E-state index contributed by atoms with van der Waals surface area (Å²) in [6, 6.07) is 5.35. The molecule has 1 aliphatic heterocycles. The molecule has 3 N–H and O–H groups in total. The number of thiocarbonyl (C=S) groups is 1. The van der Waals surface area contributed by atoms with Crippen molar-refractivity contribution < 1.29 is 14.3 Å². The van der Waals surface area contributed by atoms with Gasteiger partial charge in [-0.05, 0) is 30.9 Å². The Morgan fingerprint density at radius 2 is 2.00 bits per heavy atom. The fourth-order valence-electron chi connectivity index (χ4n) is 3.00. The third kappa shape index (κ3) is 2.44. The highest BCUT2D eigenvalue weighted by Gasteiger charge is 2.50. The first-order valence-corrected chi connectivity index (χ1v) is 7.43. The summed E-state index contributed by atoms with van der Waals surface area (Å²) in [5.74, 6) is 1.67. The van der Waals surface area contributed by atoms with Gasteiger partial charge in [0.05, 0.1) is 10.4 Å². The van der Waals surface area contributed by atoms with E-state index in [1.54, 1.807) is 18.2 Å². The number of nitrogens with two attached hydrogens (primary N) is 1. The number of rotatable bonds is 3. The highest BCUT2D eigenvalue weighted by molar-refractivity contribution is 7.80. The minimum atomic E-state index is -0.706. The van der Waals surface area contributed by atoms with Crippen molar-refractivity contribution in [1.82, 2.24) is 0 Å². The van der Waals surface area contributed by atoms with Crippen LogP contribution in [0, 0.1) is 11.3 Å². The Kier molecular flexibility index (Phi) is 3.49. The Labute approximate surface area is 128 Å². The Balaban J connectivity index is 1.77. The molecule has 6 heteroatoms. The van der Waals surface area contributed by atoms with Crippen molar-refractivity contribution in [3.8, 4) is 11.5 Å². The number of amides is 1. The van der Waals surface area contributed by atoms with Crippen molar-refractivity contribution in [2.24, 2.45) is 17.1 Å². The van der Waals surface area contributed by atoms with Crippen molar-refractivity contribution in [2.75, 3.05) is 18.5 Å². The first-order valence-electron chi connectivity index (χ1n) is 7.02. The molecule has 112 valence electrons. The van der Waals surface area contributed by atoms with E-state index in [0.717, 1.165) is 0 Å². The van der Waals surface area contributed by atoms with E-state index >= 15 is 0 Å². The van der Waals surface area contributed by atoms with Crippen LogP contribution in [0.2, 0.25) is 0 Å². The highest BCUT2D eigenvalue weighted by Crippen LogP contribution is 2.46. The number of ether oxygens (including phenoxy) is 2. The molecule has 0 unspecified atom stereocenters. The highest BCUT2D eigenvalue weighted by atomic mass is 32.1. The Hall–Kier alpha value is -1.82. The van der Waals surface area contributed by atoms with E-state index in [1.165, 1.54) is 0 Å². The van der Waals surface area contributed by atoms with Crippen LogP contribution in [-0.2, 0) is 4.79 Å². The monoisotopic (exact) mass is 306 g/mol. The molecule has 0 spiro atoms. The molecule has 1 saturated carbocycles. The summed E-state index contributed by atoms with van der Waals surface area (Å²) >= 11 is 5.10. The maximum Gasteiger partial charge on any atom is 0.237 e. The largest absolute Gasteiger partial charge is 0.486 e. The molecule has 1 aromatic rings. The first kappa shape index (κ1) is 14.1. The maximum atomic E-state index is 12.5. The molecule has 0 bridgehead atoms. The van der Waals surface area contributed by atoms with Crippen molar-refractivity contribution in [3.05, 3.63) is 18.2 Å². The van der Waals surface area contributed by atoms with Crippen molar-refractivity contribution in [2.45, 2.75) is 19.8 Å². The fraction of sp³-hybridized carbons (Fsp3) is 0.467. The number of carbonyl (C=O) groups excluding carboxylic acids is 1. The van der Waals surface area contributed by atoms with Gasteiger partial charge in [0.1, 0.15) is 13.2 Å². The van der Waals surface area contributed by atoms with Gasteiger partial charge in [-0.15, -0.1) is 0 Å². The standard InChI is InChI=1S/C15H18N2O3S/c1-9-7-15(8-9,13(16)21)14(18)17-10-2-3-11-12(6-10)20-5-4-19-11/h2-3,6,9H,4-5,7-8H2,1H3,(H2,16,21)(H,17,18). The van der Waals surface area contributed by atoms with Crippen molar-refractivity contribution >= 4 is 28.8 Å². The van der Waals surface area contributed by atoms with Gasteiger partial charge >= 0.3 is 0 Å². The molecule has 1 heterocycles. The zero-order chi connectivity index (χ0) is 15.0. The second kappa shape index (κ2) is 5.18. The Bertz CT molecular complexity index is 597. The van der Waals surface area contributed by atoms with Gasteiger partial charge in [-0.2, -0.15) is 0 Å². The molecule has 5 nitrogen and oxygen atoms in total. The second-order valence-corrected chi connectivity index (χ2v) is 6.21. The molecule has 0 aromatic heterocycles. The van der Waals surface area contributed by atoms with E-state index < -0.39 is 5.41 Å². The summed E-state index contributed by atoms with van der Waals surface area (Å²) < 4.78 is 11.0. The van der Waals surface area contributed by atoms with Crippen LogP contribution in [0.1, 0.15) is 19.8 Å². The molecule has 1 aromatic carbocycles. The summed E-state index contributed by atoms with van der Waals surface area (Å²) in [6.07, 6.45) is 1.41. The lowest BCUT2D eigenvalue weighted by Gasteiger charge is -2.44. The molecular formula is C15H18N2O3S. The Morgan fingerprint density at radius 3 is 2.62 bits per heavy atom. The van der Waals surface area contributed by atoms with E-state index in [1.807, 2.05) is 0 Å². The summed E-state index contributed by atoms with van der Waals surface area (Å²) in [7, 11) is 0. The van der Waals surface area contributed by atoms with Gasteiger partial charge in [-0.1, -0.05) is 19.1 Å². The molecule has 1 amide bonds. The molecule has 21 heavy (non-hydrogen) atoms. The van der Waals surface area contributed by atoms with Crippen LogP contribution in [0.3, 0.4) is 0 Å². The van der Waals surface area contributed by atoms with Gasteiger partial charge in [-0.25, -0.2) is 0 Å². The van der Waals surface area contributed by atoms with Crippen LogP contribution in [0.25, 0.3) is 0 Å². The number of fused-ring (bicyclic) bond motifs is 1. The van der Waals surface area contributed by atoms with Crippen LogP contribution < -0.4 is 20.5 Å². The second-order valence-electron chi connectivity index (χ2n) is 5.77. The minimum absolute atomic E-state index is 0.134. The topological polar surface area (TPSA) is 73.6 Å². The number of carbonyl (C=O) groups is 1. The molecule has 1 aliphatic carbocycles. The molecular weight excluding hydrogens is 288 g/mol. The van der Waals surface area contributed by atoms with Crippen molar-refractivity contribution in [1.29, 1.82) is 0 Å². The smallest absolute Gasteiger partial charge is 0.237 e. The van der Waals surface area contributed by atoms with Crippen LogP contribution in [0.4, 0.5) is 5.69 Å². The van der Waals surface area contributed by atoms with Gasteiger partial charge in [0.15, 0.2) is 11.5 Å². The number of anilines is 1. The Morgan fingerprint density at radius 1 is 1.33 bits per heavy atom. The molecule has 0 radical (unpaired) electrons. The van der Waals surface area contributed by atoms with Gasteiger partial charge in [-0.3, -0.25) is 4.79 Å². The van der Waals surface area contributed by atoms with Gasteiger partial charge in [0, 0.05) is 11.8 Å². The lowest BCUT2D eigenvalue weighted by molar-refractivity contribution is -0.127. The van der Waals surface area contributed by atoms with Gasteiger partial charge in [0.2, 0.25) is 5.91 Å². The fourth-order valence-corrected chi connectivity index (χ4v) is 3.26. The van der Waals surface area contributed by atoms with E-state index in [-0.39, 0.29) is 10.9 Å². The van der Waals surface area contributed by atoms with Crippen LogP contribution in [0.15, 0.2) is 18.2 Å². The first-order chi connectivity index (χ1) is 10.0. The summed E-state index contributed by atoms with van der Waals surface area (Å²) in [6.45, 7) is 3.15. The SMILES string of the molecule is CC1CC(C(=O)Nc2ccc3c(c2)OCCO3)(C(N)=S)C1. The van der Waals surface area contributed by atoms with Crippen molar-refractivity contribution in [3.63, 3.8) is 0 Å². The molecule has 0 atom stereocenters. The van der Waals surface area contributed by atoms with E-state index in [4.69, 9.17) is 27.4 Å². The van der Waals surface area contributed by atoms with Crippen LogP contribution >= 0.6 is 12.2 Å². The zero-order valence-corrected chi connectivity index (χ0v) is 12.7.